The molecule has 21 heavy (non-hydrogen) atoms. The highest BCUT2D eigenvalue weighted by Gasteiger charge is 2.17. The molecule has 0 bridgehead atoms. The van der Waals surface area contributed by atoms with Crippen LogP contribution < -0.4 is 10.2 Å². The molecule has 116 valence electrons. The number of piperidine rings is 1. The molecule has 0 aliphatic carbocycles. The topological polar surface area (TPSA) is 41.6 Å². The number of ether oxygens (including phenoxy) is 1. The Morgan fingerprint density at radius 1 is 1.43 bits per heavy atom. The normalized spacial score (nSPS) is 20.1. The van der Waals surface area contributed by atoms with Crippen molar-refractivity contribution in [2.75, 3.05) is 31.7 Å². The summed E-state index contributed by atoms with van der Waals surface area (Å²) in [5.41, 5.74) is 2.40. The van der Waals surface area contributed by atoms with Crippen LogP contribution in [0.4, 0.5) is 5.69 Å². The Kier molecular flexibility index (Phi) is 5.62. The molecular weight excluding hydrogens is 264 g/mol. The Labute approximate surface area is 127 Å². The van der Waals surface area contributed by atoms with E-state index in [1.807, 2.05) is 6.92 Å². The second-order valence-corrected chi connectivity index (χ2v) is 6.01. The minimum absolute atomic E-state index is 0.00183. The number of nitrogens with one attached hydrogen (secondary N) is 1. The Bertz CT molecular complexity index is 458. The molecule has 2 unspecified atom stereocenters. The van der Waals surface area contributed by atoms with Crippen molar-refractivity contribution in [3.63, 3.8) is 0 Å². The van der Waals surface area contributed by atoms with Crippen LogP contribution in [0.3, 0.4) is 0 Å². The number of rotatable bonds is 5. The number of anilines is 1. The van der Waals surface area contributed by atoms with Crippen molar-refractivity contribution in [2.24, 2.45) is 5.92 Å². The van der Waals surface area contributed by atoms with Gasteiger partial charge in [-0.25, -0.2) is 0 Å². The molecule has 1 amide bonds. The number of hydrogen-bond donors (Lipinski definition) is 1. The maximum atomic E-state index is 11.5. The van der Waals surface area contributed by atoms with Gasteiger partial charge in [0.05, 0.1) is 6.04 Å². The number of methoxy groups -OCH3 is 1. The average Bonchev–Trinajstić information content (AvgIpc) is 2.47. The van der Waals surface area contributed by atoms with E-state index in [0.717, 1.165) is 24.6 Å². The Morgan fingerprint density at radius 3 is 2.76 bits per heavy atom. The van der Waals surface area contributed by atoms with Gasteiger partial charge >= 0.3 is 0 Å². The predicted octanol–water partition coefficient (Wildman–Crippen LogP) is 2.75. The van der Waals surface area contributed by atoms with Gasteiger partial charge < -0.3 is 15.0 Å². The van der Waals surface area contributed by atoms with Gasteiger partial charge in [0.25, 0.3) is 0 Å². The minimum atomic E-state index is -0.0843. The molecule has 0 saturated carbocycles. The molecule has 1 aliphatic heterocycles. The molecule has 2 rings (SSSR count). The largest absolute Gasteiger partial charge is 0.375 e. The fourth-order valence-electron chi connectivity index (χ4n) is 2.90. The van der Waals surface area contributed by atoms with Crippen LogP contribution in [0.5, 0.6) is 0 Å². The summed E-state index contributed by atoms with van der Waals surface area (Å²) in [6.45, 7) is 6.69. The number of benzene rings is 1. The van der Waals surface area contributed by atoms with Crippen LogP contribution >= 0.6 is 0 Å². The highest BCUT2D eigenvalue weighted by molar-refractivity contribution is 5.77. The summed E-state index contributed by atoms with van der Waals surface area (Å²) < 4.78 is 4.83. The van der Waals surface area contributed by atoms with Gasteiger partial charge in [0.15, 0.2) is 0 Å². The highest BCUT2D eigenvalue weighted by Crippen LogP contribution is 2.24. The van der Waals surface area contributed by atoms with Gasteiger partial charge in [0, 0.05) is 25.9 Å². The molecule has 1 aromatic carbocycles. The van der Waals surface area contributed by atoms with E-state index in [2.05, 4.69) is 41.4 Å². The summed E-state index contributed by atoms with van der Waals surface area (Å²) in [6.07, 6.45) is 2.60. The van der Waals surface area contributed by atoms with Crippen LogP contribution in [0.2, 0.25) is 0 Å². The lowest BCUT2D eigenvalue weighted by atomic mass is 9.99. The number of carbonyl (C=O) groups is 1. The monoisotopic (exact) mass is 290 g/mol. The highest BCUT2D eigenvalue weighted by atomic mass is 16.5. The van der Waals surface area contributed by atoms with Crippen molar-refractivity contribution in [2.45, 2.75) is 32.7 Å². The maximum absolute atomic E-state index is 11.5. The summed E-state index contributed by atoms with van der Waals surface area (Å²) in [7, 11) is 1.53. The van der Waals surface area contributed by atoms with E-state index in [9.17, 15) is 4.79 Å². The average molecular weight is 290 g/mol. The van der Waals surface area contributed by atoms with E-state index in [1.165, 1.54) is 25.6 Å². The minimum Gasteiger partial charge on any atom is -0.375 e. The molecule has 1 fully saturated rings. The van der Waals surface area contributed by atoms with Gasteiger partial charge in [-0.1, -0.05) is 19.1 Å². The lowest BCUT2D eigenvalue weighted by Crippen LogP contribution is -2.34. The van der Waals surface area contributed by atoms with Crippen molar-refractivity contribution in [3.8, 4) is 0 Å². The van der Waals surface area contributed by atoms with Gasteiger partial charge in [-0.15, -0.1) is 0 Å². The summed E-state index contributed by atoms with van der Waals surface area (Å²) in [6, 6.07) is 8.53. The Morgan fingerprint density at radius 2 is 2.14 bits per heavy atom. The fourth-order valence-corrected chi connectivity index (χ4v) is 2.90. The lowest BCUT2D eigenvalue weighted by molar-refractivity contribution is -0.125. The first-order valence-electron chi connectivity index (χ1n) is 7.73. The van der Waals surface area contributed by atoms with Crippen LogP contribution in [-0.2, 0) is 9.53 Å². The van der Waals surface area contributed by atoms with Crippen LogP contribution in [0, 0.1) is 5.92 Å². The molecule has 1 saturated heterocycles. The lowest BCUT2D eigenvalue weighted by Gasteiger charge is -2.33. The quantitative estimate of drug-likeness (QED) is 0.906. The molecule has 1 aromatic rings. The molecule has 4 heteroatoms. The van der Waals surface area contributed by atoms with E-state index in [-0.39, 0.29) is 18.6 Å². The third-order valence-electron chi connectivity index (χ3n) is 4.07. The molecular formula is C17H26N2O2. The second-order valence-electron chi connectivity index (χ2n) is 6.01. The van der Waals surface area contributed by atoms with E-state index in [4.69, 9.17) is 4.74 Å². The van der Waals surface area contributed by atoms with Crippen LogP contribution in [0.1, 0.15) is 38.3 Å². The first-order valence-corrected chi connectivity index (χ1v) is 7.73. The zero-order valence-electron chi connectivity index (χ0n) is 13.3. The molecule has 1 heterocycles. The summed E-state index contributed by atoms with van der Waals surface area (Å²) in [5, 5.41) is 2.93. The van der Waals surface area contributed by atoms with Gasteiger partial charge in [-0.2, -0.15) is 0 Å². The van der Waals surface area contributed by atoms with E-state index >= 15 is 0 Å². The first-order chi connectivity index (χ1) is 10.1. The zero-order chi connectivity index (χ0) is 15.2. The van der Waals surface area contributed by atoms with Crippen LogP contribution in [0.25, 0.3) is 0 Å². The van der Waals surface area contributed by atoms with E-state index < -0.39 is 0 Å². The second kappa shape index (κ2) is 7.46. The molecule has 1 N–H and O–H groups in total. The maximum Gasteiger partial charge on any atom is 0.246 e. The summed E-state index contributed by atoms with van der Waals surface area (Å²) in [4.78, 5) is 14.0. The Balaban J connectivity index is 1.96. The van der Waals surface area contributed by atoms with Crippen molar-refractivity contribution in [3.05, 3.63) is 29.8 Å². The number of amides is 1. The van der Waals surface area contributed by atoms with E-state index in [1.54, 1.807) is 0 Å². The Hall–Kier alpha value is -1.55. The van der Waals surface area contributed by atoms with Crippen molar-refractivity contribution in [1.82, 2.24) is 5.32 Å². The third-order valence-corrected chi connectivity index (χ3v) is 4.07. The number of nitrogens with zero attached hydrogens (tertiary/aromatic N) is 1. The predicted molar refractivity (Wildman–Crippen MR) is 85.5 cm³/mol. The van der Waals surface area contributed by atoms with Gasteiger partial charge in [-0.3, -0.25) is 4.79 Å². The zero-order valence-corrected chi connectivity index (χ0v) is 13.3. The van der Waals surface area contributed by atoms with Crippen molar-refractivity contribution in [1.29, 1.82) is 0 Å². The van der Waals surface area contributed by atoms with Crippen LogP contribution in [-0.4, -0.2) is 32.7 Å². The third kappa shape index (κ3) is 4.46. The number of hydrogen-bond acceptors (Lipinski definition) is 3. The first kappa shape index (κ1) is 15.8. The van der Waals surface area contributed by atoms with Gasteiger partial charge in [0.1, 0.15) is 6.61 Å². The SMILES string of the molecule is COCC(=O)NC(C)c1ccc(N2CCCC(C)C2)cc1. The smallest absolute Gasteiger partial charge is 0.246 e. The van der Waals surface area contributed by atoms with Crippen LogP contribution in [0.15, 0.2) is 24.3 Å². The summed E-state index contributed by atoms with van der Waals surface area (Å²) >= 11 is 0. The van der Waals surface area contributed by atoms with E-state index in [0.29, 0.717) is 0 Å². The standard InChI is InChI=1S/C17H26N2O2/c1-13-5-4-10-19(11-13)16-8-6-15(7-9-16)14(2)18-17(20)12-21-3/h6-9,13-14H,4-5,10-12H2,1-3H3,(H,18,20). The van der Waals surface area contributed by atoms with Crippen molar-refractivity contribution < 1.29 is 9.53 Å². The van der Waals surface area contributed by atoms with Gasteiger partial charge in [0.2, 0.25) is 5.91 Å². The molecule has 0 aromatic heterocycles. The van der Waals surface area contributed by atoms with Crippen molar-refractivity contribution >= 4 is 11.6 Å². The number of carbonyl (C=O) groups excluding carboxylic acids is 1. The fraction of sp³-hybridized carbons (Fsp3) is 0.588. The molecule has 0 spiro atoms. The molecule has 1 aliphatic rings. The molecule has 0 radical (unpaired) electrons. The molecule has 2 atom stereocenters. The molecule has 4 nitrogen and oxygen atoms in total. The summed E-state index contributed by atoms with van der Waals surface area (Å²) in [5.74, 6) is 0.685. The van der Waals surface area contributed by atoms with Gasteiger partial charge in [-0.05, 0) is 43.4 Å².